The number of rotatable bonds is 2. The van der Waals surface area contributed by atoms with Crippen molar-refractivity contribution in [2.24, 2.45) is 0 Å². The number of aromatic hydroxyl groups is 2. The van der Waals surface area contributed by atoms with Crippen molar-refractivity contribution in [2.45, 2.75) is 0 Å². The van der Waals surface area contributed by atoms with Gasteiger partial charge in [0.1, 0.15) is 17.1 Å². The number of amides is 1. The minimum atomic E-state index is -0.955. The van der Waals surface area contributed by atoms with Crippen molar-refractivity contribution in [3.05, 3.63) is 64.5 Å². The van der Waals surface area contributed by atoms with Crippen molar-refractivity contribution in [2.75, 3.05) is 5.32 Å². The van der Waals surface area contributed by atoms with Gasteiger partial charge in [0.2, 0.25) is 0 Å². The highest BCUT2D eigenvalue weighted by Gasteiger charge is 2.21. The number of hydrogen-bond donors (Lipinski definition) is 3. The monoisotopic (exact) mass is 297 g/mol. The summed E-state index contributed by atoms with van der Waals surface area (Å²) in [5.74, 6) is -1.47. The van der Waals surface area contributed by atoms with Gasteiger partial charge in [0, 0.05) is 0 Å². The van der Waals surface area contributed by atoms with E-state index in [1.165, 1.54) is 24.3 Å². The number of para-hydroxylation sites is 3. The van der Waals surface area contributed by atoms with Crippen molar-refractivity contribution in [3.8, 4) is 11.5 Å². The Morgan fingerprint density at radius 3 is 2.45 bits per heavy atom. The van der Waals surface area contributed by atoms with E-state index < -0.39 is 22.8 Å². The fraction of sp³-hybridized carbons (Fsp3) is 0. The molecule has 0 unspecified atom stereocenters. The topological polar surface area (TPSA) is 99.8 Å². The van der Waals surface area contributed by atoms with Crippen LogP contribution in [-0.2, 0) is 0 Å². The number of benzene rings is 2. The Balaban J connectivity index is 2.08. The number of carbonyl (C=O) groups excluding carboxylic acids is 1. The SMILES string of the molecule is O=C(Nc1ccccc1O)c1c(O)c2ccccc2oc1=O. The molecule has 0 saturated carbocycles. The highest BCUT2D eigenvalue weighted by atomic mass is 16.4. The fourth-order valence-electron chi connectivity index (χ4n) is 2.10. The maximum atomic E-state index is 12.2. The van der Waals surface area contributed by atoms with Gasteiger partial charge in [-0.25, -0.2) is 4.79 Å². The second-order valence-electron chi connectivity index (χ2n) is 4.58. The van der Waals surface area contributed by atoms with Crippen LogP contribution in [0.15, 0.2) is 57.7 Å². The smallest absolute Gasteiger partial charge is 0.353 e. The summed E-state index contributed by atoms with van der Waals surface area (Å²) < 4.78 is 5.02. The highest BCUT2D eigenvalue weighted by molar-refractivity contribution is 6.09. The number of nitrogens with one attached hydrogen (secondary N) is 1. The zero-order valence-electron chi connectivity index (χ0n) is 11.2. The average Bonchev–Trinajstić information content (AvgIpc) is 2.49. The number of hydrogen-bond acceptors (Lipinski definition) is 5. The molecule has 6 nitrogen and oxygen atoms in total. The first kappa shape index (κ1) is 13.7. The van der Waals surface area contributed by atoms with Gasteiger partial charge >= 0.3 is 5.63 Å². The summed E-state index contributed by atoms with van der Waals surface area (Å²) in [6.07, 6.45) is 0. The fourth-order valence-corrected chi connectivity index (χ4v) is 2.10. The molecule has 2 aromatic carbocycles. The van der Waals surface area contributed by atoms with Crippen molar-refractivity contribution < 1.29 is 19.4 Å². The molecular weight excluding hydrogens is 286 g/mol. The van der Waals surface area contributed by atoms with E-state index in [0.717, 1.165) is 0 Å². The molecular formula is C16H11NO5. The normalized spacial score (nSPS) is 10.5. The van der Waals surface area contributed by atoms with E-state index in [0.29, 0.717) is 0 Å². The molecule has 1 heterocycles. The molecule has 0 aliphatic heterocycles. The first-order valence-corrected chi connectivity index (χ1v) is 6.42. The van der Waals surface area contributed by atoms with E-state index in [1.54, 1.807) is 24.3 Å². The molecule has 0 aliphatic rings. The van der Waals surface area contributed by atoms with E-state index in [9.17, 15) is 19.8 Å². The van der Waals surface area contributed by atoms with Crippen LogP contribution in [0, 0.1) is 0 Å². The number of fused-ring (bicyclic) bond motifs is 1. The van der Waals surface area contributed by atoms with Crippen LogP contribution in [0.1, 0.15) is 10.4 Å². The minimum absolute atomic E-state index is 0.124. The highest BCUT2D eigenvalue weighted by Crippen LogP contribution is 2.28. The first-order chi connectivity index (χ1) is 10.6. The standard InChI is InChI=1S/C16H11NO5/c18-11-7-3-2-6-10(11)17-15(20)13-14(19)9-5-1-4-8-12(9)22-16(13)21/h1-8,18-19H,(H,17,20). The summed E-state index contributed by atoms with van der Waals surface area (Å²) in [5, 5.41) is 22.4. The molecule has 6 heteroatoms. The van der Waals surface area contributed by atoms with Crippen LogP contribution in [0.5, 0.6) is 11.5 Å². The third kappa shape index (κ3) is 2.26. The lowest BCUT2D eigenvalue weighted by atomic mass is 10.1. The Labute approximate surface area is 124 Å². The lowest BCUT2D eigenvalue weighted by molar-refractivity contribution is 0.102. The summed E-state index contributed by atoms with van der Waals surface area (Å²) in [5.41, 5.74) is -1.16. The number of phenols is 1. The van der Waals surface area contributed by atoms with Gasteiger partial charge in [-0.15, -0.1) is 0 Å². The van der Waals surface area contributed by atoms with Gasteiger partial charge in [-0.1, -0.05) is 24.3 Å². The van der Waals surface area contributed by atoms with Crippen molar-refractivity contribution in [3.63, 3.8) is 0 Å². The van der Waals surface area contributed by atoms with E-state index in [-0.39, 0.29) is 22.4 Å². The van der Waals surface area contributed by atoms with Gasteiger partial charge in [0.25, 0.3) is 5.91 Å². The Kier molecular flexibility index (Phi) is 3.27. The summed E-state index contributed by atoms with van der Waals surface area (Å²) in [4.78, 5) is 24.1. The Morgan fingerprint density at radius 1 is 1.00 bits per heavy atom. The molecule has 0 fully saturated rings. The molecule has 22 heavy (non-hydrogen) atoms. The molecule has 3 rings (SSSR count). The molecule has 1 amide bonds. The van der Waals surface area contributed by atoms with Crippen LogP contribution in [0.25, 0.3) is 11.0 Å². The lowest BCUT2D eigenvalue weighted by Gasteiger charge is -2.08. The van der Waals surface area contributed by atoms with Gasteiger partial charge < -0.3 is 19.9 Å². The maximum absolute atomic E-state index is 12.2. The number of phenolic OH excluding ortho intramolecular Hbond substituents is 1. The van der Waals surface area contributed by atoms with Crippen LogP contribution in [0.4, 0.5) is 5.69 Å². The minimum Gasteiger partial charge on any atom is -0.506 e. The predicted molar refractivity (Wildman–Crippen MR) is 80.2 cm³/mol. The maximum Gasteiger partial charge on any atom is 0.353 e. The predicted octanol–water partition coefficient (Wildman–Crippen LogP) is 2.46. The third-order valence-corrected chi connectivity index (χ3v) is 3.17. The first-order valence-electron chi connectivity index (χ1n) is 6.42. The zero-order chi connectivity index (χ0) is 15.7. The number of anilines is 1. The summed E-state index contributed by atoms with van der Waals surface area (Å²) in [6.45, 7) is 0. The van der Waals surface area contributed by atoms with Gasteiger partial charge in [0.05, 0.1) is 11.1 Å². The Hall–Kier alpha value is -3.28. The molecule has 110 valence electrons. The molecule has 0 atom stereocenters. The van der Waals surface area contributed by atoms with Gasteiger partial charge in [-0.2, -0.15) is 0 Å². The molecule has 3 N–H and O–H groups in total. The summed E-state index contributed by atoms with van der Waals surface area (Å²) >= 11 is 0. The second-order valence-corrected chi connectivity index (χ2v) is 4.58. The Morgan fingerprint density at radius 2 is 1.68 bits per heavy atom. The summed E-state index contributed by atoms with van der Waals surface area (Å²) in [6, 6.07) is 12.4. The van der Waals surface area contributed by atoms with Crippen LogP contribution in [0.3, 0.4) is 0 Å². The molecule has 3 aromatic rings. The second kappa shape index (κ2) is 5.25. The van der Waals surface area contributed by atoms with E-state index >= 15 is 0 Å². The van der Waals surface area contributed by atoms with Crippen LogP contribution in [0.2, 0.25) is 0 Å². The van der Waals surface area contributed by atoms with Gasteiger partial charge in [0.15, 0.2) is 5.56 Å². The van der Waals surface area contributed by atoms with E-state index in [4.69, 9.17) is 4.42 Å². The van der Waals surface area contributed by atoms with Crippen LogP contribution >= 0.6 is 0 Å². The van der Waals surface area contributed by atoms with Crippen molar-refractivity contribution in [1.29, 1.82) is 0 Å². The van der Waals surface area contributed by atoms with Crippen molar-refractivity contribution >= 4 is 22.6 Å². The zero-order valence-corrected chi connectivity index (χ0v) is 11.2. The van der Waals surface area contributed by atoms with E-state index in [2.05, 4.69) is 5.32 Å². The molecule has 0 bridgehead atoms. The molecule has 0 spiro atoms. The third-order valence-electron chi connectivity index (χ3n) is 3.17. The molecule has 0 radical (unpaired) electrons. The van der Waals surface area contributed by atoms with Crippen LogP contribution in [-0.4, -0.2) is 16.1 Å². The van der Waals surface area contributed by atoms with Crippen molar-refractivity contribution in [1.82, 2.24) is 0 Å². The molecule has 0 saturated heterocycles. The lowest BCUT2D eigenvalue weighted by Crippen LogP contribution is -2.21. The average molecular weight is 297 g/mol. The molecule has 1 aromatic heterocycles. The van der Waals surface area contributed by atoms with Gasteiger partial charge in [-0.05, 0) is 24.3 Å². The van der Waals surface area contributed by atoms with Gasteiger partial charge in [-0.3, -0.25) is 4.79 Å². The molecule has 0 aliphatic carbocycles. The summed E-state index contributed by atoms with van der Waals surface area (Å²) in [7, 11) is 0. The van der Waals surface area contributed by atoms with Crippen LogP contribution < -0.4 is 10.9 Å². The number of carbonyl (C=O) groups is 1. The quantitative estimate of drug-likeness (QED) is 0.498. The largest absolute Gasteiger partial charge is 0.506 e. The Bertz CT molecular complexity index is 929. The van der Waals surface area contributed by atoms with E-state index in [1.807, 2.05) is 0 Å².